The molecule has 0 unspecified atom stereocenters. The van der Waals surface area contributed by atoms with Crippen LogP contribution in [0.5, 0.6) is 11.5 Å². The first-order chi connectivity index (χ1) is 17.6. The molecule has 4 rings (SSSR count). The van der Waals surface area contributed by atoms with Crippen molar-refractivity contribution in [3.8, 4) is 11.5 Å². The maximum Gasteiger partial charge on any atom is 0.204 e. The Labute approximate surface area is 218 Å². The fourth-order valence-corrected chi connectivity index (χ4v) is 7.13. The van der Waals surface area contributed by atoms with Crippen molar-refractivity contribution in [1.29, 1.82) is 0 Å². The molecule has 2 nitrogen and oxygen atoms in total. The molecule has 3 saturated carbocycles. The summed E-state index contributed by atoms with van der Waals surface area (Å²) < 4.78 is 39.2. The Morgan fingerprint density at radius 3 is 1.67 bits per heavy atom. The van der Waals surface area contributed by atoms with Crippen molar-refractivity contribution in [1.82, 2.24) is 0 Å². The van der Waals surface area contributed by atoms with E-state index in [0.717, 1.165) is 42.4 Å². The van der Waals surface area contributed by atoms with Crippen molar-refractivity contribution >= 4 is 0 Å². The molecule has 0 atom stereocenters. The summed E-state index contributed by atoms with van der Waals surface area (Å²) in [6.07, 6.45) is 23.9. The number of halogens is 2. The summed E-state index contributed by atoms with van der Waals surface area (Å²) in [6, 6.07) is 2.94. The highest BCUT2D eigenvalue weighted by atomic mass is 19.2. The Balaban J connectivity index is 1.13. The summed E-state index contributed by atoms with van der Waals surface area (Å²) in [7, 11) is 0. The largest absolute Gasteiger partial charge is 0.491 e. The van der Waals surface area contributed by atoms with Gasteiger partial charge in [-0.3, -0.25) is 0 Å². The van der Waals surface area contributed by atoms with E-state index in [-0.39, 0.29) is 11.5 Å². The summed E-state index contributed by atoms with van der Waals surface area (Å²) in [4.78, 5) is 0. The van der Waals surface area contributed by atoms with Gasteiger partial charge in [0.15, 0.2) is 11.5 Å². The molecule has 4 heteroatoms. The van der Waals surface area contributed by atoms with Gasteiger partial charge in [-0.25, -0.2) is 0 Å². The van der Waals surface area contributed by atoms with Crippen LogP contribution in [-0.4, -0.2) is 13.2 Å². The summed E-state index contributed by atoms with van der Waals surface area (Å²) in [5.74, 6) is 2.81. The lowest BCUT2D eigenvalue weighted by molar-refractivity contribution is 0.127. The SMILES string of the molecule is CCCC1CCC(/C=C/C2CCC(C3CCC(COc4ccc(OCC)c(F)c4F)CC3)CC2)CC1. The fraction of sp³-hybridized carbons (Fsp3) is 0.750. The lowest BCUT2D eigenvalue weighted by atomic mass is 9.69. The van der Waals surface area contributed by atoms with E-state index in [4.69, 9.17) is 9.47 Å². The lowest BCUT2D eigenvalue weighted by Gasteiger charge is -2.37. The molecule has 0 saturated heterocycles. The van der Waals surface area contributed by atoms with Crippen molar-refractivity contribution in [3.05, 3.63) is 35.9 Å². The van der Waals surface area contributed by atoms with Crippen LogP contribution in [0.2, 0.25) is 0 Å². The van der Waals surface area contributed by atoms with E-state index in [1.807, 2.05) is 0 Å². The normalized spacial score (nSPS) is 31.4. The van der Waals surface area contributed by atoms with E-state index < -0.39 is 11.6 Å². The predicted octanol–water partition coefficient (Wildman–Crippen LogP) is 9.52. The van der Waals surface area contributed by atoms with E-state index in [1.165, 1.54) is 89.2 Å². The minimum absolute atomic E-state index is 0.00143. The average molecular weight is 503 g/mol. The fourth-order valence-electron chi connectivity index (χ4n) is 7.13. The molecule has 1 aromatic carbocycles. The maximum absolute atomic E-state index is 14.3. The molecule has 0 aromatic heterocycles. The van der Waals surface area contributed by atoms with E-state index in [1.54, 1.807) is 6.92 Å². The minimum Gasteiger partial charge on any atom is -0.491 e. The van der Waals surface area contributed by atoms with Gasteiger partial charge >= 0.3 is 0 Å². The zero-order valence-corrected chi connectivity index (χ0v) is 22.7. The summed E-state index contributed by atoms with van der Waals surface area (Å²) in [6.45, 7) is 4.84. The number of hydrogen-bond acceptors (Lipinski definition) is 2. The van der Waals surface area contributed by atoms with Crippen molar-refractivity contribution in [2.24, 2.45) is 35.5 Å². The number of allylic oxidation sites excluding steroid dienone is 2. The molecule has 0 radical (unpaired) electrons. The van der Waals surface area contributed by atoms with Crippen LogP contribution >= 0.6 is 0 Å². The van der Waals surface area contributed by atoms with Gasteiger partial charge in [-0.2, -0.15) is 8.78 Å². The van der Waals surface area contributed by atoms with Crippen LogP contribution in [0.15, 0.2) is 24.3 Å². The van der Waals surface area contributed by atoms with Crippen LogP contribution in [0.4, 0.5) is 8.78 Å². The molecule has 0 amide bonds. The zero-order chi connectivity index (χ0) is 25.3. The van der Waals surface area contributed by atoms with Crippen LogP contribution in [0.3, 0.4) is 0 Å². The first-order valence-electron chi connectivity index (χ1n) is 15.0. The van der Waals surface area contributed by atoms with E-state index in [0.29, 0.717) is 19.1 Å². The smallest absolute Gasteiger partial charge is 0.204 e. The Hall–Kier alpha value is -1.58. The van der Waals surface area contributed by atoms with Crippen LogP contribution in [-0.2, 0) is 0 Å². The number of hydrogen-bond donors (Lipinski definition) is 0. The number of benzene rings is 1. The summed E-state index contributed by atoms with van der Waals surface area (Å²) >= 11 is 0. The van der Waals surface area contributed by atoms with Gasteiger partial charge in [0.05, 0.1) is 13.2 Å². The molecular formula is C32H48F2O2. The third-order valence-electron chi connectivity index (χ3n) is 9.40. The molecule has 0 bridgehead atoms. The van der Waals surface area contributed by atoms with Gasteiger partial charge in [-0.1, -0.05) is 31.9 Å². The zero-order valence-electron chi connectivity index (χ0n) is 22.7. The Kier molecular flexibility index (Phi) is 10.5. The summed E-state index contributed by atoms with van der Waals surface area (Å²) in [5, 5.41) is 0. The number of rotatable bonds is 10. The Morgan fingerprint density at radius 2 is 1.14 bits per heavy atom. The molecule has 0 N–H and O–H groups in total. The van der Waals surface area contributed by atoms with Crippen LogP contribution in [0, 0.1) is 47.1 Å². The second-order valence-electron chi connectivity index (χ2n) is 11.8. The van der Waals surface area contributed by atoms with Crippen molar-refractivity contribution in [2.45, 2.75) is 104 Å². The highest BCUT2D eigenvalue weighted by Gasteiger charge is 2.31. The maximum atomic E-state index is 14.3. The average Bonchev–Trinajstić information content (AvgIpc) is 2.91. The molecule has 0 aliphatic heterocycles. The molecule has 0 heterocycles. The lowest BCUT2D eigenvalue weighted by Crippen LogP contribution is -2.27. The van der Waals surface area contributed by atoms with Crippen LogP contribution in [0.25, 0.3) is 0 Å². The van der Waals surface area contributed by atoms with Gasteiger partial charge in [0.1, 0.15) is 0 Å². The molecule has 0 spiro atoms. The van der Waals surface area contributed by atoms with Crippen LogP contribution < -0.4 is 9.47 Å². The van der Waals surface area contributed by atoms with Gasteiger partial charge in [0.25, 0.3) is 0 Å². The predicted molar refractivity (Wildman–Crippen MR) is 143 cm³/mol. The molecule has 1 aromatic rings. The van der Waals surface area contributed by atoms with Gasteiger partial charge in [0.2, 0.25) is 11.6 Å². The third kappa shape index (κ3) is 7.48. The van der Waals surface area contributed by atoms with Crippen molar-refractivity contribution in [3.63, 3.8) is 0 Å². The molecule has 3 fully saturated rings. The van der Waals surface area contributed by atoms with E-state index in [2.05, 4.69) is 19.1 Å². The first-order valence-corrected chi connectivity index (χ1v) is 15.0. The van der Waals surface area contributed by atoms with Crippen molar-refractivity contribution in [2.75, 3.05) is 13.2 Å². The quantitative estimate of drug-likeness (QED) is 0.297. The standard InChI is InChI=1S/C32H48F2O2/c1-3-5-23-6-8-24(9-7-23)10-11-25-12-16-27(17-13-25)28-18-14-26(15-19-28)22-36-30-21-20-29(35-4-2)31(33)32(30)34/h10-11,20-21,23-28H,3-9,12-19,22H2,1-2H3/b11-10+. The monoisotopic (exact) mass is 502 g/mol. The second-order valence-corrected chi connectivity index (χ2v) is 11.8. The Bertz CT molecular complexity index is 814. The molecular weight excluding hydrogens is 454 g/mol. The molecule has 3 aliphatic rings. The third-order valence-corrected chi connectivity index (χ3v) is 9.40. The van der Waals surface area contributed by atoms with Gasteiger partial charge in [-0.05, 0) is 132 Å². The second kappa shape index (κ2) is 13.8. The van der Waals surface area contributed by atoms with Gasteiger partial charge in [-0.15, -0.1) is 0 Å². The van der Waals surface area contributed by atoms with Crippen molar-refractivity contribution < 1.29 is 18.3 Å². The van der Waals surface area contributed by atoms with Crippen LogP contribution in [0.1, 0.15) is 104 Å². The molecule has 202 valence electrons. The molecule has 36 heavy (non-hydrogen) atoms. The topological polar surface area (TPSA) is 18.5 Å². The highest BCUT2D eigenvalue weighted by Crippen LogP contribution is 2.42. The highest BCUT2D eigenvalue weighted by molar-refractivity contribution is 5.35. The van der Waals surface area contributed by atoms with E-state index >= 15 is 0 Å². The Morgan fingerprint density at radius 1 is 0.667 bits per heavy atom. The van der Waals surface area contributed by atoms with E-state index in [9.17, 15) is 8.78 Å². The molecule has 3 aliphatic carbocycles. The van der Waals surface area contributed by atoms with Gasteiger partial charge in [0, 0.05) is 0 Å². The van der Waals surface area contributed by atoms with Gasteiger partial charge < -0.3 is 9.47 Å². The minimum atomic E-state index is -0.956. The summed E-state index contributed by atoms with van der Waals surface area (Å²) in [5.41, 5.74) is 0. The first kappa shape index (κ1) is 27.5. The number of ether oxygens (including phenoxy) is 2.